The van der Waals surface area contributed by atoms with E-state index in [1.165, 1.54) is 0 Å². The lowest BCUT2D eigenvalue weighted by atomic mass is 10.1. The summed E-state index contributed by atoms with van der Waals surface area (Å²) in [5, 5.41) is 9.89. The van der Waals surface area contributed by atoms with Crippen LogP contribution in [0.3, 0.4) is 0 Å². The quantitative estimate of drug-likeness (QED) is 0.569. The number of nitrogens with zero attached hydrogens (tertiary/aromatic N) is 2. The molecule has 1 aromatic rings. The molecule has 0 saturated carbocycles. The highest BCUT2D eigenvalue weighted by molar-refractivity contribution is 5.79. The largest absolute Gasteiger partial charge is 0.465 e. The van der Waals surface area contributed by atoms with Gasteiger partial charge in [-0.2, -0.15) is 15.4 Å². The molecular weight excluding hydrogens is 146 g/mol. The van der Waals surface area contributed by atoms with Gasteiger partial charge in [0.15, 0.2) is 0 Å². The molecule has 1 N–H and O–H groups in total. The summed E-state index contributed by atoms with van der Waals surface area (Å²) in [5.74, 6) is -0.396. The Morgan fingerprint density at radius 1 is 1.73 bits per heavy atom. The van der Waals surface area contributed by atoms with Crippen LogP contribution in [0.15, 0.2) is 6.20 Å². The van der Waals surface area contributed by atoms with Crippen molar-refractivity contribution in [3.05, 3.63) is 11.9 Å². The average molecular weight is 153 g/mol. The van der Waals surface area contributed by atoms with E-state index in [1.807, 2.05) is 0 Å². The van der Waals surface area contributed by atoms with Crippen LogP contribution in [0.25, 0.3) is 0 Å². The molecule has 2 rings (SSSR count). The van der Waals surface area contributed by atoms with Crippen molar-refractivity contribution in [1.82, 2.24) is 15.4 Å². The lowest BCUT2D eigenvalue weighted by Gasteiger charge is -1.96. The van der Waals surface area contributed by atoms with Gasteiger partial charge >= 0.3 is 5.97 Å². The third kappa shape index (κ3) is 0.978. The first-order chi connectivity index (χ1) is 5.38. The van der Waals surface area contributed by atoms with Gasteiger partial charge in [-0.15, -0.1) is 0 Å². The van der Waals surface area contributed by atoms with E-state index in [4.69, 9.17) is 4.74 Å². The molecule has 0 radical (unpaired) electrons. The maximum absolute atomic E-state index is 11.0. The predicted molar refractivity (Wildman–Crippen MR) is 34.7 cm³/mol. The molecule has 1 unspecified atom stereocenters. The van der Waals surface area contributed by atoms with Crippen molar-refractivity contribution in [2.45, 2.75) is 12.3 Å². The smallest absolute Gasteiger partial charge is 0.315 e. The fourth-order valence-corrected chi connectivity index (χ4v) is 1.14. The first-order valence-electron chi connectivity index (χ1n) is 3.40. The molecule has 2 heterocycles. The SMILES string of the molecule is O=C1OCCC1c1cn[nH]n1. The van der Waals surface area contributed by atoms with Crippen molar-refractivity contribution in [3.63, 3.8) is 0 Å². The van der Waals surface area contributed by atoms with Crippen LogP contribution in [-0.4, -0.2) is 28.0 Å². The zero-order valence-corrected chi connectivity index (χ0v) is 5.78. The van der Waals surface area contributed by atoms with E-state index in [2.05, 4.69) is 15.4 Å². The van der Waals surface area contributed by atoms with Crippen LogP contribution in [0.5, 0.6) is 0 Å². The third-order valence-corrected chi connectivity index (χ3v) is 1.73. The van der Waals surface area contributed by atoms with Crippen LogP contribution in [0.2, 0.25) is 0 Å². The minimum Gasteiger partial charge on any atom is -0.465 e. The Hall–Kier alpha value is -1.39. The van der Waals surface area contributed by atoms with Crippen molar-refractivity contribution in [3.8, 4) is 0 Å². The minimum atomic E-state index is -0.200. The molecule has 11 heavy (non-hydrogen) atoms. The van der Waals surface area contributed by atoms with Crippen LogP contribution in [0, 0.1) is 0 Å². The topological polar surface area (TPSA) is 67.9 Å². The van der Waals surface area contributed by atoms with Crippen molar-refractivity contribution in [2.75, 3.05) is 6.61 Å². The molecule has 1 aliphatic rings. The number of H-pyrrole nitrogens is 1. The molecule has 1 atom stereocenters. The summed E-state index contributed by atoms with van der Waals surface area (Å²) in [6.07, 6.45) is 2.27. The molecular formula is C6H7N3O2. The molecule has 0 bridgehead atoms. The van der Waals surface area contributed by atoms with E-state index in [0.717, 1.165) is 0 Å². The Kier molecular flexibility index (Phi) is 1.34. The van der Waals surface area contributed by atoms with Crippen molar-refractivity contribution in [1.29, 1.82) is 0 Å². The van der Waals surface area contributed by atoms with E-state index in [1.54, 1.807) is 6.20 Å². The Labute approximate surface area is 62.7 Å². The van der Waals surface area contributed by atoms with Crippen LogP contribution >= 0.6 is 0 Å². The maximum Gasteiger partial charge on any atom is 0.315 e. The molecule has 0 amide bonds. The number of hydrogen-bond acceptors (Lipinski definition) is 4. The first-order valence-corrected chi connectivity index (χ1v) is 3.40. The molecule has 58 valence electrons. The molecule has 1 fully saturated rings. The second-order valence-electron chi connectivity index (χ2n) is 2.40. The van der Waals surface area contributed by atoms with E-state index in [0.29, 0.717) is 18.7 Å². The fourth-order valence-electron chi connectivity index (χ4n) is 1.14. The summed E-state index contributed by atoms with van der Waals surface area (Å²) < 4.78 is 4.77. The number of carbonyl (C=O) groups excluding carboxylic acids is 1. The van der Waals surface area contributed by atoms with Gasteiger partial charge in [-0.3, -0.25) is 4.79 Å². The van der Waals surface area contributed by atoms with Gasteiger partial charge in [0.1, 0.15) is 5.92 Å². The Bertz CT molecular complexity index is 257. The highest BCUT2D eigenvalue weighted by Gasteiger charge is 2.29. The highest BCUT2D eigenvalue weighted by atomic mass is 16.5. The van der Waals surface area contributed by atoms with Crippen molar-refractivity contribution in [2.24, 2.45) is 0 Å². The van der Waals surface area contributed by atoms with Gasteiger partial charge in [-0.1, -0.05) is 0 Å². The highest BCUT2D eigenvalue weighted by Crippen LogP contribution is 2.23. The second-order valence-corrected chi connectivity index (χ2v) is 2.40. The summed E-state index contributed by atoms with van der Waals surface area (Å²) in [6, 6.07) is 0. The third-order valence-electron chi connectivity index (χ3n) is 1.73. The number of cyclic esters (lactones) is 1. The van der Waals surface area contributed by atoms with Crippen molar-refractivity contribution < 1.29 is 9.53 Å². The second kappa shape index (κ2) is 2.34. The van der Waals surface area contributed by atoms with E-state index < -0.39 is 0 Å². The molecule has 5 heteroatoms. The summed E-state index contributed by atoms with van der Waals surface area (Å²) in [7, 11) is 0. The Morgan fingerprint density at radius 2 is 2.64 bits per heavy atom. The molecule has 1 saturated heterocycles. The predicted octanol–water partition coefficient (Wildman–Crippen LogP) is -0.165. The van der Waals surface area contributed by atoms with Crippen LogP contribution in [0.4, 0.5) is 0 Å². The van der Waals surface area contributed by atoms with Crippen LogP contribution in [0.1, 0.15) is 18.0 Å². The molecule has 1 aliphatic heterocycles. The van der Waals surface area contributed by atoms with Gasteiger partial charge in [0.05, 0.1) is 18.5 Å². The minimum absolute atomic E-state index is 0.195. The number of ether oxygens (including phenoxy) is 1. The van der Waals surface area contributed by atoms with Gasteiger partial charge in [0, 0.05) is 6.42 Å². The summed E-state index contributed by atoms with van der Waals surface area (Å²) >= 11 is 0. The molecule has 5 nitrogen and oxygen atoms in total. The Balaban J connectivity index is 2.23. The number of nitrogens with one attached hydrogen (secondary N) is 1. The summed E-state index contributed by atoms with van der Waals surface area (Å²) in [5.41, 5.74) is 0.674. The zero-order chi connectivity index (χ0) is 7.68. The number of rotatable bonds is 1. The van der Waals surface area contributed by atoms with Crippen molar-refractivity contribution >= 4 is 5.97 Å². The Morgan fingerprint density at radius 3 is 3.18 bits per heavy atom. The summed E-state index contributed by atoms with van der Waals surface area (Å²) in [6.45, 7) is 0.496. The summed E-state index contributed by atoms with van der Waals surface area (Å²) in [4.78, 5) is 11.0. The zero-order valence-electron chi connectivity index (χ0n) is 5.78. The average Bonchev–Trinajstić information content (AvgIpc) is 2.55. The van der Waals surface area contributed by atoms with Gasteiger partial charge in [-0.25, -0.2) is 0 Å². The van der Waals surface area contributed by atoms with Gasteiger partial charge in [-0.05, 0) is 0 Å². The van der Waals surface area contributed by atoms with E-state index in [-0.39, 0.29) is 11.9 Å². The van der Waals surface area contributed by atoms with Gasteiger partial charge < -0.3 is 4.74 Å². The standard InChI is InChI=1S/C6H7N3O2/c10-6-4(1-2-11-6)5-3-7-9-8-5/h3-4H,1-2H2,(H,7,8,9). The number of aromatic nitrogens is 3. The van der Waals surface area contributed by atoms with E-state index in [9.17, 15) is 4.79 Å². The van der Waals surface area contributed by atoms with E-state index >= 15 is 0 Å². The molecule has 0 aliphatic carbocycles. The molecule has 0 aromatic carbocycles. The maximum atomic E-state index is 11.0. The fraction of sp³-hybridized carbons (Fsp3) is 0.500. The number of aromatic amines is 1. The van der Waals surface area contributed by atoms with Crippen LogP contribution < -0.4 is 0 Å². The number of hydrogen-bond donors (Lipinski definition) is 1. The first kappa shape index (κ1) is 6.33. The number of esters is 1. The normalized spacial score (nSPS) is 23.6. The van der Waals surface area contributed by atoms with Crippen LogP contribution in [-0.2, 0) is 9.53 Å². The lowest BCUT2D eigenvalue weighted by molar-refractivity contribution is -0.139. The monoisotopic (exact) mass is 153 g/mol. The lowest BCUT2D eigenvalue weighted by Crippen LogP contribution is -2.05. The van der Waals surface area contributed by atoms with Gasteiger partial charge in [0.2, 0.25) is 0 Å². The molecule has 0 spiro atoms. The molecule has 1 aromatic heterocycles. The number of carbonyl (C=O) groups is 1. The van der Waals surface area contributed by atoms with Gasteiger partial charge in [0.25, 0.3) is 0 Å².